The predicted octanol–water partition coefficient (Wildman–Crippen LogP) is -1.78. The van der Waals surface area contributed by atoms with E-state index in [2.05, 4.69) is 5.32 Å². The molecule has 0 aromatic carbocycles. The Balaban J connectivity index is 2.24. The fourth-order valence-electron chi connectivity index (χ4n) is 1.67. The minimum absolute atomic E-state index is 0.0348. The molecule has 1 heterocycles. The minimum Gasteiger partial charge on any atom is -0.479 e. The third kappa shape index (κ3) is 4.19. The Kier molecular flexibility index (Phi) is 5.44. The van der Waals surface area contributed by atoms with E-state index >= 15 is 0 Å². The van der Waals surface area contributed by atoms with E-state index in [1.807, 2.05) is 0 Å². The van der Waals surface area contributed by atoms with Gasteiger partial charge < -0.3 is 20.4 Å². The highest BCUT2D eigenvalue weighted by molar-refractivity contribution is 6.01. The zero-order chi connectivity index (χ0) is 15.3. The summed E-state index contributed by atoms with van der Waals surface area (Å²) >= 11 is 0. The van der Waals surface area contributed by atoms with Gasteiger partial charge in [0.2, 0.25) is 11.8 Å². The summed E-state index contributed by atoms with van der Waals surface area (Å²) in [5, 5.41) is 19.6. The Morgan fingerprint density at radius 3 is 2.55 bits per heavy atom. The van der Waals surface area contributed by atoms with Gasteiger partial charge in [0.05, 0.1) is 6.54 Å². The third-order valence-electron chi connectivity index (χ3n) is 2.79. The molecule has 1 atom stereocenters. The van der Waals surface area contributed by atoms with Crippen LogP contribution >= 0.6 is 0 Å². The number of amides is 4. The zero-order valence-electron chi connectivity index (χ0n) is 11.0. The highest BCUT2D eigenvalue weighted by Crippen LogP contribution is 2.08. The number of aliphatic hydroxyl groups excluding tert-OH is 1. The molecule has 1 aliphatic heterocycles. The van der Waals surface area contributed by atoms with E-state index in [1.54, 1.807) is 0 Å². The van der Waals surface area contributed by atoms with Crippen molar-refractivity contribution in [3.05, 3.63) is 0 Å². The summed E-state index contributed by atoms with van der Waals surface area (Å²) in [5.41, 5.74) is 0. The number of aliphatic hydroxyl groups is 1. The molecule has 1 fully saturated rings. The molecule has 0 spiro atoms. The number of carboxylic acid groups (broad SMARTS) is 1. The molecule has 1 saturated heterocycles. The summed E-state index contributed by atoms with van der Waals surface area (Å²) in [6, 6.07) is -0.392. The van der Waals surface area contributed by atoms with Crippen LogP contribution in [0.2, 0.25) is 0 Å². The van der Waals surface area contributed by atoms with E-state index in [9.17, 15) is 19.2 Å². The van der Waals surface area contributed by atoms with E-state index < -0.39 is 24.0 Å². The average Bonchev–Trinajstić information content (AvgIpc) is 2.62. The number of carbonyl (C=O) groups is 4. The van der Waals surface area contributed by atoms with Crippen molar-refractivity contribution in [1.82, 2.24) is 15.1 Å². The SMILES string of the molecule is CN1CC(=O)N(CCCC(=O)NC[C@H](O)C(=O)O)C1=O. The van der Waals surface area contributed by atoms with Gasteiger partial charge in [-0.25, -0.2) is 9.59 Å². The van der Waals surface area contributed by atoms with Gasteiger partial charge in [0.15, 0.2) is 6.10 Å². The van der Waals surface area contributed by atoms with Gasteiger partial charge in [0, 0.05) is 20.0 Å². The molecule has 0 aromatic heterocycles. The first-order chi connectivity index (χ1) is 9.32. The number of urea groups is 1. The van der Waals surface area contributed by atoms with Gasteiger partial charge in [-0.3, -0.25) is 14.5 Å². The lowest BCUT2D eigenvalue weighted by Crippen LogP contribution is -2.37. The fraction of sp³-hybridized carbons (Fsp3) is 0.636. The number of rotatable bonds is 7. The van der Waals surface area contributed by atoms with E-state index in [1.165, 1.54) is 11.9 Å². The van der Waals surface area contributed by atoms with E-state index in [-0.39, 0.29) is 38.4 Å². The van der Waals surface area contributed by atoms with Crippen LogP contribution in [0.3, 0.4) is 0 Å². The number of hydrogen-bond acceptors (Lipinski definition) is 5. The molecular formula is C11H17N3O6. The second kappa shape index (κ2) is 6.85. The first kappa shape index (κ1) is 15.9. The van der Waals surface area contributed by atoms with Crippen LogP contribution in [0.1, 0.15) is 12.8 Å². The lowest BCUT2D eigenvalue weighted by Gasteiger charge is -2.13. The number of hydrogen-bond donors (Lipinski definition) is 3. The van der Waals surface area contributed by atoms with Crippen molar-refractivity contribution >= 4 is 23.8 Å². The Hall–Kier alpha value is -2.16. The Labute approximate surface area is 115 Å². The quantitative estimate of drug-likeness (QED) is 0.475. The fourth-order valence-corrected chi connectivity index (χ4v) is 1.67. The van der Waals surface area contributed by atoms with Gasteiger partial charge in [0.1, 0.15) is 6.54 Å². The summed E-state index contributed by atoms with van der Waals surface area (Å²) in [7, 11) is 1.51. The molecule has 0 radical (unpaired) electrons. The van der Waals surface area contributed by atoms with Gasteiger partial charge in [-0.2, -0.15) is 0 Å². The third-order valence-corrected chi connectivity index (χ3v) is 2.79. The molecule has 0 bridgehead atoms. The molecule has 0 aromatic rings. The molecule has 1 rings (SSSR count). The Morgan fingerprint density at radius 1 is 1.40 bits per heavy atom. The summed E-state index contributed by atoms with van der Waals surface area (Å²) in [5.74, 6) is -2.17. The summed E-state index contributed by atoms with van der Waals surface area (Å²) in [6.45, 7) is -0.203. The van der Waals surface area contributed by atoms with Gasteiger partial charge >= 0.3 is 12.0 Å². The number of nitrogens with zero attached hydrogens (tertiary/aromatic N) is 2. The van der Waals surface area contributed by atoms with Gasteiger partial charge in [-0.05, 0) is 6.42 Å². The average molecular weight is 287 g/mol. The first-order valence-electron chi connectivity index (χ1n) is 6.06. The molecule has 0 saturated carbocycles. The molecule has 9 heteroatoms. The van der Waals surface area contributed by atoms with E-state index in [0.29, 0.717) is 0 Å². The van der Waals surface area contributed by atoms with Crippen molar-refractivity contribution in [2.75, 3.05) is 26.7 Å². The summed E-state index contributed by atoms with van der Waals surface area (Å²) in [4.78, 5) is 47.0. The lowest BCUT2D eigenvalue weighted by molar-refractivity contribution is -0.146. The summed E-state index contributed by atoms with van der Waals surface area (Å²) in [6.07, 6.45) is -1.33. The molecule has 4 amide bonds. The van der Waals surface area contributed by atoms with Crippen LogP contribution in [0.15, 0.2) is 0 Å². The van der Waals surface area contributed by atoms with Gasteiger partial charge in [-0.1, -0.05) is 0 Å². The largest absolute Gasteiger partial charge is 0.479 e. The highest BCUT2D eigenvalue weighted by atomic mass is 16.4. The topological polar surface area (TPSA) is 127 Å². The van der Waals surface area contributed by atoms with Crippen molar-refractivity contribution in [2.45, 2.75) is 18.9 Å². The maximum Gasteiger partial charge on any atom is 0.334 e. The molecule has 0 unspecified atom stereocenters. The molecule has 1 aliphatic rings. The normalized spacial score (nSPS) is 16.5. The van der Waals surface area contributed by atoms with E-state index in [0.717, 1.165) is 4.90 Å². The van der Waals surface area contributed by atoms with Crippen molar-refractivity contribution in [1.29, 1.82) is 0 Å². The second-order valence-electron chi connectivity index (χ2n) is 4.45. The van der Waals surface area contributed by atoms with Crippen molar-refractivity contribution in [2.24, 2.45) is 0 Å². The van der Waals surface area contributed by atoms with Crippen molar-refractivity contribution < 1.29 is 29.4 Å². The molecule has 20 heavy (non-hydrogen) atoms. The number of nitrogens with one attached hydrogen (secondary N) is 1. The Bertz CT molecular complexity index is 424. The first-order valence-corrected chi connectivity index (χ1v) is 6.06. The Morgan fingerprint density at radius 2 is 2.05 bits per heavy atom. The van der Waals surface area contributed by atoms with Crippen LogP contribution in [-0.2, 0) is 14.4 Å². The van der Waals surface area contributed by atoms with Crippen LogP contribution in [0.5, 0.6) is 0 Å². The second-order valence-corrected chi connectivity index (χ2v) is 4.45. The van der Waals surface area contributed by atoms with Crippen LogP contribution in [0.25, 0.3) is 0 Å². The zero-order valence-corrected chi connectivity index (χ0v) is 11.0. The maximum atomic E-state index is 11.5. The predicted molar refractivity (Wildman–Crippen MR) is 65.6 cm³/mol. The van der Waals surface area contributed by atoms with E-state index in [4.69, 9.17) is 10.2 Å². The molecule has 112 valence electrons. The number of imide groups is 1. The van der Waals surface area contributed by atoms with Gasteiger partial charge in [-0.15, -0.1) is 0 Å². The number of aliphatic carboxylic acids is 1. The monoisotopic (exact) mass is 287 g/mol. The minimum atomic E-state index is -1.64. The van der Waals surface area contributed by atoms with Crippen LogP contribution in [-0.4, -0.2) is 76.6 Å². The van der Waals surface area contributed by atoms with Crippen molar-refractivity contribution in [3.63, 3.8) is 0 Å². The highest BCUT2D eigenvalue weighted by Gasteiger charge is 2.32. The molecule has 9 nitrogen and oxygen atoms in total. The number of carbonyl (C=O) groups excluding carboxylic acids is 3. The molecule has 0 aliphatic carbocycles. The summed E-state index contributed by atoms with van der Waals surface area (Å²) < 4.78 is 0. The van der Waals surface area contributed by atoms with Crippen LogP contribution in [0, 0.1) is 0 Å². The van der Waals surface area contributed by atoms with Crippen LogP contribution < -0.4 is 5.32 Å². The van der Waals surface area contributed by atoms with Gasteiger partial charge in [0.25, 0.3) is 0 Å². The smallest absolute Gasteiger partial charge is 0.334 e. The number of carboxylic acids is 1. The maximum absolute atomic E-state index is 11.5. The molecular weight excluding hydrogens is 270 g/mol. The molecule has 3 N–H and O–H groups in total. The standard InChI is InChI=1S/C11H17N3O6/c1-13-6-9(17)14(11(13)20)4-2-3-8(16)12-5-7(15)10(18)19/h7,15H,2-6H2,1H3,(H,12,16)(H,18,19)/t7-/m0/s1. The number of likely N-dealkylation sites (N-methyl/N-ethyl adjacent to an activating group) is 1. The van der Waals surface area contributed by atoms with Crippen molar-refractivity contribution in [3.8, 4) is 0 Å². The lowest BCUT2D eigenvalue weighted by atomic mass is 10.2. The van der Waals surface area contributed by atoms with Crippen LogP contribution in [0.4, 0.5) is 4.79 Å².